The number of carbonyl (C=O) groups excluding carboxylic acids is 2. The zero-order chi connectivity index (χ0) is 20.0. The number of alkyl halides is 3. The SMILES string of the molecule is COc1ccc(CC(=O)OCC(=O)Nc2ccc(Cl)c(C(F)(F)F)c2)cc1. The van der Waals surface area contributed by atoms with Crippen molar-refractivity contribution < 1.29 is 32.2 Å². The molecule has 27 heavy (non-hydrogen) atoms. The standard InChI is InChI=1S/C18H15ClF3NO4/c1-26-13-5-2-11(3-6-13)8-17(25)27-10-16(24)23-12-4-7-15(19)14(9-12)18(20,21)22/h2-7,9H,8,10H2,1H3,(H,23,24). The second-order valence-corrected chi connectivity index (χ2v) is 5.83. The van der Waals surface area contributed by atoms with E-state index in [0.29, 0.717) is 17.4 Å². The molecule has 0 radical (unpaired) electrons. The average Bonchev–Trinajstić information content (AvgIpc) is 2.61. The molecule has 2 rings (SSSR count). The quantitative estimate of drug-likeness (QED) is 0.740. The molecule has 0 aliphatic heterocycles. The Balaban J connectivity index is 1.87. The molecule has 2 aromatic rings. The van der Waals surface area contributed by atoms with Gasteiger partial charge in [-0.2, -0.15) is 13.2 Å². The predicted molar refractivity (Wildman–Crippen MR) is 92.7 cm³/mol. The summed E-state index contributed by atoms with van der Waals surface area (Å²) in [6, 6.07) is 9.64. The molecule has 2 aromatic carbocycles. The second-order valence-electron chi connectivity index (χ2n) is 5.43. The fourth-order valence-corrected chi connectivity index (χ4v) is 2.35. The lowest BCUT2D eigenvalue weighted by atomic mass is 10.1. The van der Waals surface area contributed by atoms with Gasteiger partial charge < -0.3 is 14.8 Å². The summed E-state index contributed by atoms with van der Waals surface area (Å²) in [5.74, 6) is -0.788. The van der Waals surface area contributed by atoms with Gasteiger partial charge in [-0.25, -0.2) is 0 Å². The van der Waals surface area contributed by atoms with Crippen LogP contribution in [0.4, 0.5) is 18.9 Å². The summed E-state index contributed by atoms with van der Waals surface area (Å²) in [5.41, 5.74) is -0.518. The van der Waals surface area contributed by atoms with Gasteiger partial charge in [-0.15, -0.1) is 0 Å². The Morgan fingerprint density at radius 1 is 1.11 bits per heavy atom. The molecule has 0 heterocycles. The van der Waals surface area contributed by atoms with Crippen LogP contribution in [0.3, 0.4) is 0 Å². The fraction of sp³-hybridized carbons (Fsp3) is 0.222. The summed E-state index contributed by atoms with van der Waals surface area (Å²) >= 11 is 5.51. The van der Waals surface area contributed by atoms with Gasteiger partial charge in [0.15, 0.2) is 6.61 Å². The monoisotopic (exact) mass is 401 g/mol. The van der Waals surface area contributed by atoms with Crippen LogP contribution in [0.1, 0.15) is 11.1 Å². The summed E-state index contributed by atoms with van der Waals surface area (Å²) in [7, 11) is 1.51. The topological polar surface area (TPSA) is 64.6 Å². The molecular weight excluding hydrogens is 387 g/mol. The molecule has 0 fully saturated rings. The van der Waals surface area contributed by atoms with Crippen molar-refractivity contribution in [2.24, 2.45) is 0 Å². The van der Waals surface area contributed by atoms with Crippen LogP contribution in [0.25, 0.3) is 0 Å². The summed E-state index contributed by atoms with van der Waals surface area (Å²) in [5, 5.41) is 1.74. The van der Waals surface area contributed by atoms with Gasteiger partial charge in [0.2, 0.25) is 0 Å². The molecule has 0 atom stereocenters. The molecule has 1 N–H and O–H groups in total. The molecule has 0 saturated heterocycles. The third-order valence-electron chi connectivity index (χ3n) is 3.43. The number of esters is 1. The third kappa shape index (κ3) is 6.18. The fourth-order valence-electron chi connectivity index (χ4n) is 2.12. The van der Waals surface area contributed by atoms with Crippen LogP contribution in [-0.2, 0) is 26.9 Å². The van der Waals surface area contributed by atoms with Crippen molar-refractivity contribution >= 4 is 29.2 Å². The van der Waals surface area contributed by atoms with E-state index in [1.54, 1.807) is 24.3 Å². The lowest BCUT2D eigenvalue weighted by molar-refractivity contribution is -0.146. The molecular formula is C18H15ClF3NO4. The first-order chi connectivity index (χ1) is 12.7. The highest BCUT2D eigenvalue weighted by molar-refractivity contribution is 6.31. The Kier molecular flexibility index (Phi) is 6.68. The minimum Gasteiger partial charge on any atom is -0.497 e. The maximum atomic E-state index is 12.8. The maximum absolute atomic E-state index is 12.8. The van der Waals surface area contributed by atoms with Crippen molar-refractivity contribution in [2.45, 2.75) is 12.6 Å². The first-order valence-electron chi connectivity index (χ1n) is 7.64. The van der Waals surface area contributed by atoms with Gasteiger partial charge in [0.05, 0.1) is 24.1 Å². The van der Waals surface area contributed by atoms with E-state index in [1.165, 1.54) is 13.2 Å². The summed E-state index contributed by atoms with van der Waals surface area (Å²) in [6.07, 6.45) is -4.71. The average molecular weight is 402 g/mol. The largest absolute Gasteiger partial charge is 0.497 e. The van der Waals surface area contributed by atoms with E-state index < -0.39 is 35.2 Å². The van der Waals surface area contributed by atoms with E-state index in [4.69, 9.17) is 21.1 Å². The molecule has 0 saturated carbocycles. The van der Waals surface area contributed by atoms with E-state index >= 15 is 0 Å². The van der Waals surface area contributed by atoms with Crippen LogP contribution >= 0.6 is 11.6 Å². The van der Waals surface area contributed by atoms with Gasteiger partial charge in [0, 0.05) is 5.69 Å². The van der Waals surface area contributed by atoms with Crippen LogP contribution in [0.5, 0.6) is 5.75 Å². The Bertz CT molecular complexity index is 822. The highest BCUT2D eigenvalue weighted by Gasteiger charge is 2.33. The first-order valence-corrected chi connectivity index (χ1v) is 8.02. The molecule has 5 nitrogen and oxygen atoms in total. The number of amides is 1. The van der Waals surface area contributed by atoms with Crippen LogP contribution in [0.15, 0.2) is 42.5 Å². The number of nitrogens with one attached hydrogen (secondary N) is 1. The number of anilines is 1. The minimum absolute atomic E-state index is 0.0591. The van der Waals surface area contributed by atoms with Crippen molar-refractivity contribution in [2.75, 3.05) is 19.0 Å². The van der Waals surface area contributed by atoms with Crippen LogP contribution in [-0.4, -0.2) is 25.6 Å². The predicted octanol–water partition coefficient (Wildman–Crippen LogP) is 4.09. The molecule has 0 spiro atoms. The molecule has 1 amide bonds. The van der Waals surface area contributed by atoms with E-state index in [2.05, 4.69) is 5.32 Å². The number of halogens is 4. The van der Waals surface area contributed by atoms with Gasteiger partial charge in [-0.05, 0) is 35.9 Å². The number of methoxy groups -OCH3 is 1. The van der Waals surface area contributed by atoms with Gasteiger partial charge in [-0.3, -0.25) is 9.59 Å². The third-order valence-corrected chi connectivity index (χ3v) is 3.76. The smallest absolute Gasteiger partial charge is 0.417 e. The van der Waals surface area contributed by atoms with Gasteiger partial charge in [0.1, 0.15) is 5.75 Å². The zero-order valence-electron chi connectivity index (χ0n) is 14.1. The Labute approximate surface area is 158 Å². The van der Waals surface area contributed by atoms with E-state index in [-0.39, 0.29) is 12.1 Å². The van der Waals surface area contributed by atoms with Gasteiger partial charge >= 0.3 is 12.1 Å². The van der Waals surface area contributed by atoms with Gasteiger partial charge in [-0.1, -0.05) is 23.7 Å². The summed E-state index contributed by atoms with van der Waals surface area (Å²) < 4.78 is 48.2. The Morgan fingerprint density at radius 3 is 2.37 bits per heavy atom. The van der Waals surface area contributed by atoms with Gasteiger partial charge in [0.25, 0.3) is 5.91 Å². The number of benzene rings is 2. The lowest BCUT2D eigenvalue weighted by Crippen LogP contribution is -2.22. The molecule has 9 heteroatoms. The molecule has 144 valence electrons. The van der Waals surface area contributed by atoms with Crippen LogP contribution in [0.2, 0.25) is 5.02 Å². The van der Waals surface area contributed by atoms with Crippen molar-refractivity contribution in [3.63, 3.8) is 0 Å². The van der Waals surface area contributed by atoms with E-state index in [1.807, 2.05) is 0 Å². The number of rotatable bonds is 6. The zero-order valence-corrected chi connectivity index (χ0v) is 14.9. The Morgan fingerprint density at radius 2 is 1.78 bits per heavy atom. The van der Waals surface area contributed by atoms with Crippen molar-refractivity contribution in [1.82, 2.24) is 0 Å². The highest BCUT2D eigenvalue weighted by Crippen LogP contribution is 2.36. The molecule has 0 aliphatic carbocycles. The Hall–Kier alpha value is -2.74. The van der Waals surface area contributed by atoms with Crippen molar-refractivity contribution in [3.05, 3.63) is 58.6 Å². The highest BCUT2D eigenvalue weighted by atomic mass is 35.5. The first kappa shape index (κ1) is 20.6. The molecule has 0 unspecified atom stereocenters. The van der Waals surface area contributed by atoms with Crippen LogP contribution < -0.4 is 10.1 Å². The number of hydrogen-bond donors (Lipinski definition) is 1. The lowest BCUT2D eigenvalue weighted by Gasteiger charge is -2.12. The molecule has 0 aromatic heterocycles. The normalized spacial score (nSPS) is 11.0. The van der Waals surface area contributed by atoms with Crippen molar-refractivity contribution in [3.8, 4) is 5.75 Å². The minimum atomic E-state index is -4.65. The maximum Gasteiger partial charge on any atom is 0.417 e. The second kappa shape index (κ2) is 8.77. The summed E-state index contributed by atoms with van der Waals surface area (Å²) in [4.78, 5) is 23.5. The molecule has 0 bridgehead atoms. The number of ether oxygens (including phenoxy) is 2. The van der Waals surface area contributed by atoms with Crippen LogP contribution in [0, 0.1) is 0 Å². The molecule has 0 aliphatic rings. The van der Waals surface area contributed by atoms with Crippen molar-refractivity contribution in [1.29, 1.82) is 0 Å². The number of carbonyl (C=O) groups is 2. The summed E-state index contributed by atoms with van der Waals surface area (Å²) in [6.45, 7) is -0.626. The van der Waals surface area contributed by atoms with E-state index in [0.717, 1.165) is 6.07 Å². The number of hydrogen-bond acceptors (Lipinski definition) is 4. The van der Waals surface area contributed by atoms with E-state index in [9.17, 15) is 22.8 Å².